The first kappa shape index (κ1) is 17.8. The third-order valence-electron chi connectivity index (χ3n) is 3.58. The first-order valence-electron chi connectivity index (χ1n) is 7.70. The van der Waals surface area contributed by atoms with Crippen molar-refractivity contribution < 1.29 is 14.3 Å². The minimum absolute atomic E-state index is 0.150. The van der Waals surface area contributed by atoms with Gasteiger partial charge < -0.3 is 10.1 Å². The van der Waals surface area contributed by atoms with E-state index in [1.807, 2.05) is 0 Å². The van der Waals surface area contributed by atoms with Gasteiger partial charge >= 0.3 is 5.97 Å². The second-order valence-electron chi connectivity index (χ2n) is 5.44. The lowest BCUT2D eigenvalue weighted by atomic mass is 10.1. The van der Waals surface area contributed by atoms with Crippen LogP contribution < -0.4 is 10.9 Å². The number of aromatic nitrogens is 2. The van der Waals surface area contributed by atoms with Crippen molar-refractivity contribution in [2.75, 3.05) is 11.9 Å². The molecule has 0 aliphatic heterocycles. The Balaban J connectivity index is 1.59. The molecule has 2 N–H and O–H groups in total. The van der Waals surface area contributed by atoms with Crippen molar-refractivity contribution in [1.29, 1.82) is 0 Å². The Morgan fingerprint density at radius 3 is 2.50 bits per heavy atom. The van der Waals surface area contributed by atoms with Gasteiger partial charge in [0.05, 0.1) is 17.5 Å². The predicted molar refractivity (Wildman–Crippen MR) is 99.8 cm³/mol. The lowest BCUT2D eigenvalue weighted by molar-refractivity contribution is -0.146. The quantitative estimate of drug-likeness (QED) is 0.623. The maximum Gasteiger partial charge on any atom is 0.312 e. The Morgan fingerprint density at radius 2 is 1.77 bits per heavy atom. The fourth-order valence-corrected chi connectivity index (χ4v) is 2.63. The summed E-state index contributed by atoms with van der Waals surface area (Å²) in [6, 6.07) is 13.9. The Morgan fingerprint density at radius 1 is 1.08 bits per heavy atom. The number of carbonyl (C=O) groups is 2. The minimum atomic E-state index is -0.611. The molecule has 1 heterocycles. The van der Waals surface area contributed by atoms with E-state index in [-0.39, 0.29) is 12.0 Å². The SMILES string of the molecule is O=C(COC(=O)Cc1n[nH]c(=O)c2ccccc12)Nc1ccc(Br)cc1. The number of H-pyrrole nitrogens is 1. The van der Waals surface area contributed by atoms with Gasteiger partial charge in [-0.2, -0.15) is 5.10 Å². The lowest BCUT2D eigenvalue weighted by Crippen LogP contribution is -2.22. The number of esters is 1. The molecule has 0 atom stereocenters. The number of rotatable bonds is 5. The van der Waals surface area contributed by atoms with E-state index in [0.717, 1.165) is 4.47 Å². The van der Waals surface area contributed by atoms with Crippen molar-refractivity contribution in [3.63, 3.8) is 0 Å². The number of amides is 1. The molecule has 132 valence electrons. The predicted octanol–water partition coefficient (Wildman–Crippen LogP) is 2.41. The molecule has 3 aromatic rings. The molecule has 0 bridgehead atoms. The molecule has 0 aliphatic rings. The number of anilines is 1. The zero-order valence-electron chi connectivity index (χ0n) is 13.5. The fraction of sp³-hybridized carbons (Fsp3) is 0.111. The highest BCUT2D eigenvalue weighted by Crippen LogP contribution is 2.14. The van der Waals surface area contributed by atoms with Crippen LogP contribution >= 0.6 is 15.9 Å². The van der Waals surface area contributed by atoms with E-state index in [2.05, 4.69) is 31.4 Å². The Hall–Kier alpha value is -3.00. The average molecular weight is 416 g/mol. The topological polar surface area (TPSA) is 101 Å². The van der Waals surface area contributed by atoms with E-state index in [1.54, 1.807) is 48.5 Å². The average Bonchev–Trinajstić information content (AvgIpc) is 2.64. The normalized spacial score (nSPS) is 10.5. The molecule has 3 rings (SSSR count). The summed E-state index contributed by atoms with van der Waals surface area (Å²) in [4.78, 5) is 35.6. The van der Waals surface area contributed by atoms with Crippen LogP contribution in [0.3, 0.4) is 0 Å². The number of ether oxygens (including phenoxy) is 1. The van der Waals surface area contributed by atoms with Crippen molar-refractivity contribution in [3.8, 4) is 0 Å². The van der Waals surface area contributed by atoms with Gasteiger partial charge in [-0.15, -0.1) is 0 Å². The fourth-order valence-electron chi connectivity index (χ4n) is 2.37. The summed E-state index contributed by atoms with van der Waals surface area (Å²) in [5.41, 5.74) is 0.660. The van der Waals surface area contributed by atoms with Crippen LogP contribution in [0.25, 0.3) is 10.8 Å². The summed E-state index contributed by atoms with van der Waals surface area (Å²) < 4.78 is 5.88. The second kappa shape index (κ2) is 7.92. The summed E-state index contributed by atoms with van der Waals surface area (Å²) in [6.07, 6.45) is -0.150. The molecule has 0 saturated heterocycles. The van der Waals surface area contributed by atoms with E-state index in [1.165, 1.54) is 0 Å². The van der Waals surface area contributed by atoms with Crippen LogP contribution in [0.5, 0.6) is 0 Å². The van der Waals surface area contributed by atoms with Crippen LogP contribution in [0.1, 0.15) is 5.69 Å². The van der Waals surface area contributed by atoms with Crippen LogP contribution in [0.15, 0.2) is 57.8 Å². The van der Waals surface area contributed by atoms with E-state index in [0.29, 0.717) is 22.2 Å². The van der Waals surface area contributed by atoms with Gasteiger partial charge in [0.15, 0.2) is 6.61 Å². The van der Waals surface area contributed by atoms with Gasteiger partial charge in [0.25, 0.3) is 11.5 Å². The van der Waals surface area contributed by atoms with Gasteiger partial charge in [-0.1, -0.05) is 34.1 Å². The molecule has 1 amide bonds. The standard InChI is InChI=1S/C18H14BrN3O4/c19-11-5-7-12(8-6-11)20-16(23)10-26-17(24)9-15-13-3-1-2-4-14(13)18(25)22-21-15/h1-8H,9-10H2,(H,20,23)(H,22,25). The number of nitrogens with zero attached hydrogens (tertiary/aromatic N) is 1. The summed E-state index contributed by atoms with van der Waals surface area (Å²) in [5.74, 6) is -1.05. The molecule has 1 aromatic heterocycles. The maximum atomic E-state index is 12.0. The first-order valence-corrected chi connectivity index (χ1v) is 8.49. The van der Waals surface area contributed by atoms with Crippen LogP contribution in [0.4, 0.5) is 5.69 Å². The third kappa shape index (κ3) is 4.34. The van der Waals surface area contributed by atoms with Crippen molar-refractivity contribution in [2.45, 2.75) is 6.42 Å². The highest BCUT2D eigenvalue weighted by atomic mass is 79.9. The molecule has 0 saturated carbocycles. The number of aromatic amines is 1. The molecule has 0 spiro atoms. The molecular weight excluding hydrogens is 402 g/mol. The molecule has 0 radical (unpaired) electrons. The van der Waals surface area contributed by atoms with Gasteiger partial charge in [-0.3, -0.25) is 14.4 Å². The van der Waals surface area contributed by atoms with Crippen LogP contribution in [0, 0.1) is 0 Å². The Kier molecular flexibility index (Phi) is 5.43. The molecule has 0 aliphatic carbocycles. The zero-order valence-corrected chi connectivity index (χ0v) is 15.1. The van der Waals surface area contributed by atoms with Crippen molar-refractivity contribution in [2.24, 2.45) is 0 Å². The number of benzene rings is 2. The van der Waals surface area contributed by atoms with Gasteiger partial charge in [0.2, 0.25) is 0 Å². The van der Waals surface area contributed by atoms with E-state index in [4.69, 9.17) is 4.74 Å². The van der Waals surface area contributed by atoms with Crippen LogP contribution in [-0.2, 0) is 20.7 Å². The number of fused-ring (bicyclic) bond motifs is 1. The second-order valence-corrected chi connectivity index (χ2v) is 6.35. The van der Waals surface area contributed by atoms with Crippen LogP contribution in [-0.4, -0.2) is 28.7 Å². The molecule has 2 aromatic carbocycles. The van der Waals surface area contributed by atoms with Crippen molar-refractivity contribution in [3.05, 3.63) is 69.1 Å². The van der Waals surface area contributed by atoms with E-state index >= 15 is 0 Å². The van der Waals surface area contributed by atoms with Crippen LogP contribution in [0.2, 0.25) is 0 Å². The molecule has 8 heteroatoms. The molecule has 26 heavy (non-hydrogen) atoms. The smallest absolute Gasteiger partial charge is 0.312 e. The Labute approximate surface area is 156 Å². The third-order valence-corrected chi connectivity index (χ3v) is 4.11. The van der Waals surface area contributed by atoms with Gasteiger partial charge in [0, 0.05) is 15.5 Å². The number of carbonyl (C=O) groups excluding carboxylic acids is 2. The molecule has 0 unspecified atom stereocenters. The lowest BCUT2D eigenvalue weighted by Gasteiger charge is -2.07. The van der Waals surface area contributed by atoms with Crippen molar-refractivity contribution >= 4 is 44.3 Å². The minimum Gasteiger partial charge on any atom is -0.455 e. The summed E-state index contributed by atoms with van der Waals surface area (Å²) in [7, 11) is 0. The zero-order chi connectivity index (χ0) is 18.5. The number of halogens is 1. The van der Waals surface area contributed by atoms with Crippen molar-refractivity contribution in [1.82, 2.24) is 10.2 Å². The van der Waals surface area contributed by atoms with E-state index in [9.17, 15) is 14.4 Å². The summed E-state index contributed by atoms with van der Waals surface area (Å²) >= 11 is 3.30. The number of nitrogens with one attached hydrogen (secondary N) is 2. The number of hydrogen-bond acceptors (Lipinski definition) is 5. The molecule has 7 nitrogen and oxygen atoms in total. The summed E-state index contributed by atoms with van der Waals surface area (Å²) in [6.45, 7) is -0.407. The van der Waals surface area contributed by atoms with Gasteiger partial charge in [-0.25, -0.2) is 5.10 Å². The van der Waals surface area contributed by atoms with E-state index < -0.39 is 18.5 Å². The first-order chi connectivity index (χ1) is 12.5. The van der Waals surface area contributed by atoms with Gasteiger partial charge in [-0.05, 0) is 30.3 Å². The number of hydrogen-bond donors (Lipinski definition) is 2. The molecule has 0 fully saturated rings. The largest absolute Gasteiger partial charge is 0.455 e. The highest BCUT2D eigenvalue weighted by Gasteiger charge is 2.13. The molecular formula is C18H14BrN3O4. The summed E-state index contributed by atoms with van der Waals surface area (Å²) in [5, 5.41) is 9.90. The highest BCUT2D eigenvalue weighted by molar-refractivity contribution is 9.10. The maximum absolute atomic E-state index is 12.0. The monoisotopic (exact) mass is 415 g/mol. The Bertz CT molecular complexity index is 1010. The van der Waals surface area contributed by atoms with Gasteiger partial charge in [0.1, 0.15) is 0 Å².